The fraction of sp³-hybridized carbons (Fsp3) is 1.00. The molecular formula is C7H15N3O2S. The zero-order valence-corrected chi connectivity index (χ0v) is 8.33. The predicted molar refractivity (Wildman–Crippen MR) is 49.3 cm³/mol. The summed E-state index contributed by atoms with van der Waals surface area (Å²) >= 11 is 0. The van der Waals surface area contributed by atoms with Gasteiger partial charge >= 0.3 is 0 Å². The second kappa shape index (κ2) is 3.20. The lowest BCUT2D eigenvalue weighted by molar-refractivity contribution is 0.192. The summed E-state index contributed by atoms with van der Waals surface area (Å²) in [5.41, 5.74) is 0. The molecule has 0 unspecified atom stereocenters. The molecule has 0 aromatic carbocycles. The molecule has 13 heavy (non-hydrogen) atoms. The van der Waals surface area contributed by atoms with E-state index in [1.165, 1.54) is 0 Å². The lowest BCUT2D eigenvalue weighted by atomic mass is 10.4. The van der Waals surface area contributed by atoms with Crippen molar-refractivity contribution in [2.24, 2.45) is 5.84 Å². The molecule has 1 aliphatic heterocycles. The maximum absolute atomic E-state index is 11.7. The molecule has 5 nitrogen and oxygen atoms in total. The molecule has 1 heterocycles. The molecule has 0 aromatic rings. The molecule has 76 valence electrons. The van der Waals surface area contributed by atoms with Crippen molar-refractivity contribution >= 4 is 10.0 Å². The van der Waals surface area contributed by atoms with Gasteiger partial charge in [-0.3, -0.25) is 5.84 Å². The fourth-order valence-corrected chi connectivity index (χ4v) is 3.36. The second-order valence-electron chi connectivity index (χ2n) is 3.68. The van der Waals surface area contributed by atoms with Crippen molar-refractivity contribution in [3.63, 3.8) is 0 Å². The van der Waals surface area contributed by atoms with Gasteiger partial charge in [-0.05, 0) is 12.8 Å². The van der Waals surface area contributed by atoms with Gasteiger partial charge < -0.3 is 0 Å². The number of nitrogens with two attached hydrogens (primary N) is 1. The number of rotatable bonds is 2. The summed E-state index contributed by atoms with van der Waals surface area (Å²) in [7, 11) is -2.96. The molecule has 0 atom stereocenters. The van der Waals surface area contributed by atoms with Crippen molar-refractivity contribution < 1.29 is 8.42 Å². The van der Waals surface area contributed by atoms with Crippen molar-refractivity contribution in [2.45, 2.75) is 18.1 Å². The van der Waals surface area contributed by atoms with E-state index < -0.39 is 10.0 Å². The number of hydrogen-bond donors (Lipinski definition) is 1. The van der Waals surface area contributed by atoms with Crippen LogP contribution in [0.15, 0.2) is 0 Å². The number of hydrogen-bond acceptors (Lipinski definition) is 4. The van der Waals surface area contributed by atoms with Crippen molar-refractivity contribution in [2.75, 3.05) is 26.2 Å². The van der Waals surface area contributed by atoms with E-state index >= 15 is 0 Å². The number of hydrazine groups is 1. The number of piperazine rings is 1. The molecule has 0 amide bonds. The van der Waals surface area contributed by atoms with Gasteiger partial charge in [0.1, 0.15) is 0 Å². The molecule has 2 aliphatic rings. The highest BCUT2D eigenvalue weighted by atomic mass is 32.2. The predicted octanol–water partition coefficient (Wildman–Crippen LogP) is -1.03. The van der Waals surface area contributed by atoms with Crippen LogP contribution in [0, 0.1) is 0 Å². The fourth-order valence-electron chi connectivity index (χ4n) is 1.53. The van der Waals surface area contributed by atoms with E-state index in [0.29, 0.717) is 26.2 Å². The third-order valence-corrected chi connectivity index (χ3v) is 4.98. The van der Waals surface area contributed by atoms with Crippen LogP contribution in [0.4, 0.5) is 0 Å². The van der Waals surface area contributed by atoms with E-state index in [2.05, 4.69) is 0 Å². The monoisotopic (exact) mass is 205 g/mol. The largest absolute Gasteiger partial charge is 0.269 e. The normalized spacial score (nSPS) is 27.8. The van der Waals surface area contributed by atoms with E-state index in [1.807, 2.05) is 0 Å². The molecule has 1 saturated carbocycles. The SMILES string of the molecule is NN1CCN(S(=O)(=O)C2CC2)CC1. The molecule has 0 radical (unpaired) electrons. The minimum absolute atomic E-state index is 0.0863. The van der Waals surface area contributed by atoms with Gasteiger partial charge in [0, 0.05) is 26.2 Å². The summed E-state index contributed by atoms with van der Waals surface area (Å²) in [6.45, 7) is 2.39. The molecule has 2 fully saturated rings. The first-order chi connectivity index (χ1) is 6.10. The van der Waals surface area contributed by atoms with Gasteiger partial charge in [0.15, 0.2) is 0 Å². The summed E-state index contributed by atoms with van der Waals surface area (Å²) in [5, 5.41) is 1.58. The summed E-state index contributed by atoms with van der Waals surface area (Å²) in [4.78, 5) is 0. The molecule has 6 heteroatoms. The van der Waals surface area contributed by atoms with Gasteiger partial charge in [0.25, 0.3) is 0 Å². The van der Waals surface area contributed by atoms with Gasteiger partial charge in [-0.2, -0.15) is 4.31 Å². The third-order valence-electron chi connectivity index (χ3n) is 2.58. The smallest absolute Gasteiger partial charge is 0.217 e. The average Bonchev–Trinajstić information content (AvgIpc) is 2.87. The Morgan fingerprint density at radius 3 is 2.08 bits per heavy atom. The summed E-state index contributed by atoms with van der Waals surface area (Å²) in [6.07, 6.45) is 1.68. The molecule has 1 aliphatic carbocycles. The minimum atomic E-state index is -2.96. The summed E-state index contributed by atoms with van der Waals surface area (Å²) in [5.74, 6) is 5.54. The molecule has 0 bridgehead atoms. The molecule has 1 saturated heterocycles. The minimum Gasteiger partial charge on any atom is -0.269 e. The van der Waals surface area contributed by atoms with Crippen LogP contribution in [0.1, 0.15) is 12.8 Å². The van der Waals surface area contributed by atoms with Crippen LogP contribution in [0.3, 0.4) is 0 Å². The molecule has 0 aromatic heterocycles. The standard InChI is InChI=1S/C7H15N3O2S/c8-9-3-5-10(6-4-9)13(11,12)7-1-2-7/h7H,1-6,8H2. The Kier molecular flexibility index (Phi) is 2.31. The molecule has 2 rings (SSSR count). The Balaban J connectivity index is 2.01. The first kappa shape index (κ1) is 9.39. The van der Waals surface area contributed by atoms with Crippen molar-refractivity contribution in [1.29, 1.82) is 0 Å². The van der Waals surface area contributed by atoms with Crippen molar-refractivity contribution in [1.82, 2.24) is 9.31 Å². The maximum Gasteiger partial charge on any atom is 0.217 e. The molecular weight excluding hydrogens is 190 g/mol. The maximum atomic E-state index is 11.7. The average molecular weight is 205 g/mol. The Hall–Kier alpha value is -0.170. The molecule has 2 N–H and O–H groups in total. The summed E-state index contributed by atoms with van der Waals surface area (Å²) < 4.78 is 25.0. The first-order valence-corrected chi connectivity index (χ1v) is 6.09. The highest BCUT2D eigenvalue weighted by Crippen LogP contribution is 2.31. The van der Waals surface area contributed by atoms with Crippen LogP contribution in [0.25, 0.3) is 0 Å². The van der Waals surface area contributed by atoms with Crippen LogP contribution in [-0.4, -0.2) is 49.2 Å². The zero-order valence-electron chi connectivity index (χ0n) is 7.52. The van der Waals surface area contributed by atoms with Gasteiger partial charge in [-0.1, -0.05) is 0 Å². The van der Waals surface area contributed by atoms with Crippen LogP contribution >= 0.6 is 0 Å². The first-order valence-electron chi connectivity index (χ1n) is 4.59. The zero-order chi connectivity index (χ0) is 9.47. The van der Waals surface area contributed by atoms with E-state index in [-0.39, 0.29) is 5.25 Å². The molecule has 0 spiro atoms. The Morgan fingerprint density at radius 2 is 1.62 bits per heavy atom. The van der Waals surface area contributed by atoms with E-state index in [1.54, 1.807) is 9.31 Å². The Labute approximate surface area is 78.5 Å². The van der Waals surface area contributed by atoms with Gasteiger partial charge in [0.05, 0.1) is 5.25 Å². The topological polar surface area (TPSA) is 66.6 Å². The van der Waals surface area contributed by atoms with Crippen molar-refractivity contribution in [3.8, 4) is 0 Å². The lowest BCUT2D eigenvalue weighted by Crippen LogP contribution is -2.51. The second-order valence-corrected chi connectivity index (χ2v) is 5.89. The van der Waals surface area contributed by atoms with Crippen LogP contribution in [0.2, 0.25) is 0 Å². The Bertz CT molecular complexity index is 278. The van der Waals surface area contributed by atoms with E-state index in [4.69, 9.17) is 5.84 Å². The van der Waals surface area contributed by atoms with E-state index in [9.17, 15) is 8.42 Å². The van der Waals surface area contributed by atoms with Gasteiger partial charge in [0.2, 0.25) is 10.0 Å². The van der Waals surface area contributed by atoms with Crippen LogP contribution in [-0.2, 0) is 10.0 Å². The van der Waals surface area contributed by atoms with Gasteiger partial charge in [-0.25, -0.2) is 13.4 Å². The number of sulfonamides is 1. The third kappa shape index (κ3) is 1.85. The summed E-state index contributed by atoms with van der Waals surface area (Å²) in [6, 6.07) is 0. The Morgan fingerprint density at radius 1 is 1.08 bits per heavy atom. The van der Waals surface area contributed by atoms with E-state index in [0.717, 1.165) is 12.8 Å². The highest BCUT2D eigenvalue weighted by molar-refractivity contribution is 7.90. The van der Waals surface area contributed by atoms with Crippen LogP contribution < -0.4 is 5.84 Å². The number of nitrogens with zero attached hydrogens (tertiary/aromatic N) is 2. The lowest BCUT2D eigenvalue weighted by Gasteiger charge is -2.31. The van der Waals surface area contributed by atoms with Crippen LogP contribution in [0.5, 0.6) is 0 Å². The van der Waals surface area contributed by atoms with Crippen molar-refractivity contribution in [3.05, 3.63) is 0 Å². The van der Waals surface area contributed by atoms with Gasteiger partial charge in [-0.15, -0.1) is 0 Å². The highest BCUT2D eigenvalue weighted by Gasteiger charge is 2.40. The quantitative estimate of drug-likeness (QED) is 0.585.